The summed E-state index contributed by atoms with van der Waals surface area (Å²) < 4.78 is 107. The maximum atomic E-state index is 11.7. The van der Waals surface area contributed by atoms with Gasteiger partial charge in [0, 0.05) is 76.6 Å². The molecule has 0 unspecified atom stereocenters. The Balaban J connectivity index is -0.000000520. The Labute approximate surface area is 574 Å². The summed E-state index contributed by atoms with van der Waals surface area (Å²) in [5.74, 6) is -2.05. The number of nitrogens with zero attached hydrogens (tertiary/aromatic N) is 5. The Morgan fingerprint density at radius 1 is 0.617 bits per heavy atom. The lowest BCUT2D eigenvalue weighted by Crippen LogP contribution is -2.44. The largest absolute Gasteiger partial charge is 0.748 e. The van der Waals surface area contributed by atoms with Crippen molar-refractivity contribution in [2.24, 2.45) is 11.5 Å². The van der Waals surface area contributed by atoms with Crippen LogP contribution in [0.5, 0.6) is 0 Å². The zero-order chi connectivity index (χ0) is 71.5. The van der Waals surface area contributed by atoms with E-state index in [9.17, 15) is 63.1 Å². The number of halogens is 3. The number of hydrogen-bond donors (Lipinski definition) is 2. The number of imide groups is 1. The van der Waals surface area contributed by atoms with Crippen LogP contribution in [-0.2, 0) is 102 Å². The van der Waals surface area contributed by atoms with Gasteiger partial charge >= 0.3 is 24.1 Å². The molecule has 0 saturated carbocycles. The highest BCUT2D eigenvalue weighted by Gasteiger charge is 2.33. The van der Waals surface area contributed by atoms with Crippen LogP contribution in [0.2, 0.25) is 0 Å². The molecule has 0 aliphatic carbocycles. The van der Waals surface area contributed by atoms with Gasteiger partial charge in [0.15, 0.2) is 4.30 Å². The number of carbonyl (C=O) groups is 6. The van der Waals surface area contributed by atoms with Crippen molar-refractivity contribution in [3.8, 4) is 0 Å². The van der Waals surface area contributed by atoms with E-state index in [0.717, 1.165) is 55.8 Å². The highest BCUT2D eigenvalue weighted by atomic mass is 35.6. The number of alkyl halides is 3. The van der Waals surface area contributed by atoms with Crippen molar-refractivity contribution in [2.45, 2.75) is 103 Å². The topological polar surface area (TPSA) is 368 Å². The van der Waals surface area contributed by atoms with Crippen LogP contribution in [0.15, 0.2) is 91.0 Å². The number of likely N-dealkylation sites (N-methyl/N-ethyl adjacent to an activating group) is 2. The Bertz CT molecular complexity index is 2820. The molecule has 542 valence electrons. The van der Waals surface area contributed by atoms with Crippen LogP contribution < -0.4 is 11.5 Å². The normalized spacial score (nSPS) is 13.0. The van der Waals surface area contributed by atoms with E-state index in [-0.39, 0.29) is 68.6 Å². The zero-order valence-electron chi connectivity index (χ0n) is 55.3. The molecule has 2 amide bonds. The summed E-state index contributed by atoms with van der Waals surface area (Å²) in [4.78, 5) is 75.1. The summed E-state index contributed by atoms with van der Waals surface area (Å²) in [7, 11) is 4.58. The molecule has 4 N–H and O–H groups in total. The number of ether oxygens (including phenoxy) is 4. The van der Waals surface area contributed by atoms with Crippen molar-refractivity contribution in [1.82, 2.24) is 14.9 Å². The molecular weight excluding hydrogens is 1350 g/mol. The molecule has 0 atom stereocenters. The van der Waals surface area contributed by atoms with Crippen molar-refractivity contribution in [3.05, 3.63) is 108 Å². The van der Waals surface area contributed by atoms with E-state index in [1.54, 1.807) is 31.2 Å². The minimum Gasteiger partial charge on any atom is -0.748 e. The molecule has 0 spiro atoms. The van der Waals surface area contributed by atoms with Gasteiger partial charge in [0.1, 0.15) is 19.8 Å². The molecule has 3 aromatic carbocycles. The molecule has 2 saturated heterocycles. The molecule has 0 bridgehead atoms. The summed E-state index contributed by atoms with van der Waals surface area (Å²) >= 11 is 14.4. The highest BCUT2D eigenvalue weighted by Crippen LogP contribution is 2.14. The van der Waals surface area contributed by atoms with Crippen molar-refractivity contribution < 1.29 is 100 Å². The molecular formula is C61H104Cl3N7O20S3. The van der Waals surface area contributed by atoms with E-state index in [4.69, 9.17) is 60.5 Å². The van der Waals surface area contributed by atoms with Gasteiger partial charge in [-0.1, -0.05) is 138 Å². The zero-order valence-corrected chi connectivity index (χ0v) is 60.0. The molecule has 94 heavy (non-hydrogen) atoms. The van der Waals surface area contributed by atoms with Gasteiger partial charge in [0.2, 0.25) is 0 Å². The fourth-order valence-electron chi connectivity index (χ4n) is 7.14. The SMILES string of the molecule is C.CCOC(C)=O.CN(C)CCCC(=O)OCc1ccccc1.CN(C)CCN.C[N+](C)(CCCC(=O)OCc1ccccc1)CCCS(=O)(=O)[O-].C[N+](C)(CCN)CCCS(=O)(=O)[O-].ClC(Cl)Cl.O=C(OCc1ccccc1)ON1C(=O)CCC1=O.O=S1(=O)CCCO1. The summed E-state index contributed by atoms with van der Waals surface area (Å²) in [5, 5.41) is 0.452. The molecule has 33 heteroatoms. The summed E-state index contributed by atoms with van der Waals surface area (Å²) in [5.41, 5.74) is 13.3. The highest BCUT2D eigenvalue weighted by molar-refractivity contribution is 7.87. The van der Waals surface area contributed by atoms with Crippen molar-refractivity contribution >= 4 is 101 Å². The van der Waals surface area contributed by atoms with E-state index in [2.05, 4.69) is 23.6 Å². The van der Waals surface area contributed by atoms with Crippen LogP contribution in [0.3, 0.4) is 0 Å². The minimum absolute atomic E-state index is 0. The van der Waals surface area contributed by atoms with E-state index in [0.29, 0.717) is 92.0 Å². The number of nitrogens with two attached hydrogens (primary N) is 2. The predicted molar refractivity (Wildman–Crippen MR) is 362 cm³/mol. The number of amides is 2. The quantitative estimate of drug-likeness (QED) is 0.0151. The summed E-state index contributed by atoms with van der Waals surface area (Å²) in [6.45, 7) is 10.7. The lowest BCUT2D eigenvalue weighted by atomic mass is 10.2. The Hall–Kier alpha value is -5.16. The van der Waals surface area contributed by atoms with Crippen molar-refractivity contribution in [2.75, 3.05) is 139 Å². The number of esters is 3. The first kappa shape index (κ1) is 95.2. The first-order valence-electron chi connectivity index (χ1n) is 29.5. The molecule has 5 rings (SSSR count). The summed E-state index contributed by atoms with van der Waals surface area (Å²) in [6, 6.07) is 28.2. The maximum Gasteiger partial charge on any atom is 0.534 e. The first-order chi connectivity index (χ1) is 43.3. The predicted octanol–water partition coefficient (Wildman–Crippen LogP) is 6.39. The van der Waals surface area contributed by atoms with Gasteiger partial charge in [-0.15, -0.1) is 0 Å². The van der Waals surface area contributed by atoms with Gasteiger partial charge in [-0.25, -0.2) is 21.6 Å². The van der Waals surface area contributed by atoms with Crippen LogP contribution >= 0.6 is 34.8 Å². The number of benzene rings is 3. The molecule has 2 aliphatic rings. The average molecular weight is 1460 g/mol. The Morgan fingerprint density at radius 3 is 1.28 bits per heavy atom. The van der Waals surface area contributed by atoms with Gasteiger partial charge in [0.05, 0.1) is 100.0 Å². The smallest absolute Gasteiger partial charge is 0.534 e. The number of rotatable bonds is 28. The fraction of sp³-hybridized carbons (Fsp3) is 0.607. The number of hydrogen-bond acceptors (Lipinski definition) is 24. The van der Waals surface area contributed by atoms with Crippen LogP contribution in [0.25, 0.3) is 0 Å². The average Bonchev–Trinajstić information content (AvgIpc) is 3.14. The lowest BCUT2D eigenvalue weighted by molar-refractivity contribution is -0.890. The van der Waals surface area contributed by atoms with Crippen LogP contribution in [0.4, 0.5) is 4.79 Å². The standard InChI is InChI=1S/C16H25NO5S.C13H19NO2.C12H11NO5.C7H18N2O3S.C4H12N2.C4H8O2.C3H6O3S.CHCl3.CH4/c1-17(2,12-7-13-23(19,20)21)11-6-10-16(18)22-14-15-8-4-3-5-9-15;1-14(2)10-6-9-13(15)16-11-12-7-4-3-5-8-12;14-10-6-7-11(15)13(10)18-12(16)17-8-9-4-2-1-3-5-9;1-9(2,6-4-8)5-3-7-13(10,11)12;1-6(2)4-3-5;1-3-6-4(2)5;4-7(5)3-1-2-6-7;2-1(3)4;/h3-5,8-9H,6-7,10-14H2,1-2H3;3-5,7-8H,6,9-11H2,1-2H3;1-5H,6-8H2;3-8H2,1-2H3;3-5H2,1-2H3;3H2,1-2H3;1-3H2;1H;1H4. The molecule has 27 nitrogen and oxygen atoms in total. The number of carbonyl (C=O) groups excluding carboxylic acids is 6. The van der Waals surface area contributed by atoms with E-state index >= 15 is 0 Å². The monoisotopic (exact) mass is 1460 g/mol. The van der Waals surface area contributed by atoms with Crippen LogP contribution in [0.1, 0.15) is 95.8 Å². The molecule has 2 fully saturated rings. The van der Waals surface area contributed by atoms with Gasteiger partial charge in [-0.05, 0) is 71.2 Å². The minimum atomic E-state index is -4.15. The first-order valence-corrected chi connectivity index (χ1v) is 35.6. The Morgan fingerprint density at radius 2 is 0.989 bits per heavy atom. The second-order valence-electron chi connectivity index (χ2n) is 22.0. The van der Waals surface area contributed by atoms with Crippen LogP contribution in [-0.4, -0.2) is 238 Å². The number of quaternary nitrogens is 2. The van der Waals surface area contributed by atoms with Gasteiger partial charge in [-0.2, -0.15) is 8.42 Å². The third-order valence-electron chi connectivity index (χ3n) is 11.8. The van der Waals surface area contributed by atoms with Crippen molar-refractivity contribution in [3.63, 3.8) is 0 Å². The van der Waals surface area contributed by atoms with Crippen LogP contribution in [0, 0.1) is 0 Å². The lowest BCUT2D eigenvalue weighted by Gasteiger charge is -2.29. The van der Waals surface area contributed by atoms with E-state index in [1.165, 1.54) is 6.92 Å². The molecule has 0 radical (unpaired) electrons. The fourth-order valence-corrected chi connectivity index (χ4v) is 9.07. The Kier molecular flexibility index (Phi) is 55.6. The second kappa shape index (κ2) is 54.9. The third-order valence-corrected chi connectivity index (χ3v) is 14.7. The molecule has 0 aromatic heterocycles. The van der Waals surface area contributed by atoms with Crippen molar-refractivity contribution in [1.29, 1.82) is 0 Å². The molecule has 2 aliphatic heterocycles. The van der Waals surface area contributed by atoms with Gasteiger partial charge in [0.25, 0.3) is 21.9 Å². The number of hydroxylamine groups is 2. The second-order valence-corrected chi connectivity index (χ2v) is 28.8. The third kappa shape index (κ3) is 65.5. The van der Waals surface area contributed by atoms with E-state index in [1.807, 2.05) is 123 Å². The van der Waals surface area contributed by atoms with E-state index < -0.39 is 52.6 Å². The summed E-state index contributed by atoms with van der Waals surface area (Å²) in [6.07, 6.45) is 2.76. The maximum absolute atomic E-state index is 11.7. The molecule has 3 aromatic rings. The van der Waals surface area contributed by atoms with Gasteiger partial charge in [-0.3, -0.25) is 33.0 Å². The molecule has 2 heterocycles. The van der Waals surface area contributed by atoms with Gasteiger partial charge < -0.3 is 58.3 Å².